The molecule has 1 aromatic heterocycles. The Morgan fingerprint density at radius 1 is 1.06 bits per heavy atom. The Morgan fingerprint density at radius 2 is 1.81 bits per heavy atom. The molecule has 3 aromatic rings. The van der Waals surface area contributed by atoms with E-state index in [1.807, 2.05) is 19.9 Å². The molecule has 2 aromatic carbocycles. The van der Waals surface area contributed by atoms with Gasteiger partial charge in [0.25, 0.3) is 5.91 Å². The Labute approximate surface area is 193 Å². The highest BCUT2D eigenvalue weighted by Gasteiger charge is 2.21. The van der Waals surface area contributed by atoms with Crippen LogP contribution in [0.5, 0.6) is 0 Å². The van der Waals surface area contributed by atoms with E-state index in [1.165, 1.54) is 4.68 Å². The zero-order chi connectivity index (χ0) is 22.5. The molecule has 0 saturated carbocycles. The predicted molar refractivity (Wildman–Crippen MR) is 126 cm³/mol. The number of hydrogen-bond acceptors (Lipinski definition) is 3. The summed E-state index contributed by atoms with van der Waals surface area (Å²) < 4.78 is 2.12. The van der Waals surface area contributed by atoms with Crippen LogP contribution in [0.1, 0.15) is 30.8 Å². The van der Waals surface area contributed by atoms with E-state index in [2.05, 4.69) is 32.0 Å². The van der Waals surface area contributed by atoms with E-state index in [0.717, 1.165) is 10.9 Å². The number of hydrogen-bond donors (Lipinski definition) is 3. The summed E-state index contributed by atoms with van der Waals surface area (Å²) in [5.74, 6) is -1.72. The van der Waals surface area contributed by atoms with Crippen LogP contribution in [-0.2, 0) is 9.59 Å². The van der Waals surface area contributed by atoms with Gasteiger partial charge >= 0.3 is 11.8 Å². The van der Waals surface area contributed by atoms with Crippen molar-refractivity contribution < 1.29 is 14.4 Å². The maximum absolute atomic E-state index is 13.0. The van der Waals surface area contributed by atoms with Crippen molar-refractivity contribution in [3.05, 3.63) is 63.7 Å². The van der Waals surface area contributed by atoms with E-state index in [1.54, 1.807) is 42.5 Å². The molecule has 0 unspecified atom stereocenters. The fourth-order valence-corrected chi connectivity index (χ4v) is 3.49. The summed E-state index contributed by atoms with van der Waals surface area (Å²) in [6.45, 7) is 4.45. The maximum Gasteiger partial charge on any atom is 0.328 e. The van der Waals surface area contributed by atoms with Crippen LogP contribution in [0.15, 0.2) is 53.0 Å². The molecule has 162 valence electrons. The second-order valence-corrected chi connectivity index (χ2v) is 8.70. The molecule has 7 nitrogen and oxygen atoms in total. The quantitative estimate of drug-likeness (QED) is 0.429. The average molecular weight is 506 g/mol. The zero-order valence-electron chi connectivity index (χ0n) is 17.0. The number of anilines is 1. The van der Waals surface area contributed by atoms with Gasteiger partial charge in [-0.15, -0.1) is 0 Å². The molecule has 3 amide bonds. The lowest BCUT2D eigenvalue weighted by molar-refractivity contribution is -0.136. The normalized spacial score (nSPS) is 10.9. The summed E-state index contributed by atoms with van der Waals surface area (Å²) >= 11 is 9.54. The van der Waals surface area contributed by atoms with Crippen LogP contribution >= 0.6 is 27.5 Å². The highest BCUT2D eigenvalue weighted by molar-refractivity contribution is 9.10. The van der Waals surface area contributed by atoms with Gasteiger partial charge in [-0.1, -0.05) is 53.5 Å². The average Bonchev–Trinajstić information content (AvgIpc) is 3.06. The van der Waals surface area contributed by atoms with Crippen molar-refractivity contribution in [1.82, 2.24) is 9.99 Å². The van der Waals surface area contributed by atoms with Gasteiger partial charge in [0.1, 0.15) is 5.69 Å². The van der Waals surface area contributed by atoms with Crippen molar-refractivity contribution in [3.8, 4) is 0 Å². The van der Waals surface area contributed by atoms with Crippen molar-refractivity contribution in [2.45, 2.75) is 20.3 Å². The summed E-state index contributed by atoms with van der Waals surface area (Å²) in [6.07, 6.45) is 0.755. The Morgan fingerprint density at radius 3 is 2.52 bits per heavy atom. The molecule has 0 aliphatic heterocycles. The van der Waals surface area contributed by atoms with Crippen LogP contribution in [0.3, 0.4) is 0 Å². The summed E-state index contributed by atoms with van der Waals surface area (Å²) in [7, 11) is 0. The van der Waals surface area contributed by atoms with Gasteiger partial charge in [0.15, 0.2) is 0 Å². The first kappa shape index (κ1) is 22.8. The first-order valence-electron chi connectivity index (χ1n) is 9.72. The fourth-order valence-electron chi connectivity index (χ4n) is 2.93. The van der Waals surface area contributed by atoms with E-state index < -0.39 is 17.7 Å². The highest BCUT2D eigenvalue weighted by atomic mass is 79.9. The molecule has 3 rings (SSSR count). The second-order valence-electron chi connectivity index (χ2n) is 7.38. The number of carbonyl (C=O) groups is 3. The van der Waals surface area contributed by atoms with Crippen molar-refractivity contribution >= 4 is 61.8 Å². The molecule has 0 aliphatic carbocycles. The summed E-state index contributed by atoms with van der Waals surface area (Å²) in [6, 6.07) is 13.8. The number of aromatic nitrogens is 1. The van der Waals surface area contributed by atoms with Gasteiger partial charge in [-0.2, -0.15) is 0 Å². The van der Waals surface area contributed by atoms with Crippen molar-refractivity contribution in [1.29, 1.82) is 0 Å². The largest absolute Gasteiger partial charge is 0.348 e. The topological polar surface area (TPSA) is 92.2 Å². The zero-order valence-corrected chi connectivity index (χ0v) is 19.4. The minimum atomic E-state index is -0.865. The Bertz CT molecular complexity index is 1140. The van der Waals surface area contributed by atoms with Gasteiger partial charge in [-0.25, -0.2) is 4.68 Å². The molecule has 0 spiro atoms. The third-order valence-electron chi connectivity index (χ3n) is 4.55. The Balaban J connectivity index is 1.88. The summed E-state index contributed by atoms with van der Waals surface area (Å²) in [4.78, 5) is 37.7. The molecule has 3 N–H and O–H groups in total. The molecule has 0 atom stereocenters. The predicted octanol–water partition coefficient (Wildman–Crippen LogP) is 4.54. The van der Waals surface area contributed by atoms with E-state index in [0.29, 0.717) is 34.1 Å². The Kier molecular flexibility index (Phi) is 7.35. The minimum absolute atomic E-state index is 0.149. The lowest BCUT2D eigenvalue weighted by Crippen LogP contribution is -2.40. The second kappa shape index (κ2) is 9.98. The first-order valence-corrected chi connectivity index (χ1v) is 10.9. The highest BCUT2D eigenvalue weighted by Crippen LogP contribution is 2.25. The number of benzene rings is 2. The lowest BCUT2D eigenvalue weighted by Gasteiger charge is -2.13. The molecule has 1 heterocycles. The third-order valence-corrected chi connectivity index (χ3v) is 5.37. The minimum Gasteiger partial charge on any atom is -0.348 e. The fraction of sp³-hybridized carbons (Fsp3) is 0.227. The van der Waals surface area contributed by atoms with Crippen molar-refractivity contribution in [2.24, 2.45) is 5.92 Å². The smallest absolute Gasteiger partial charge is 0.328 e. The number of carbonyl (C=O) groups excluding carboxylic acids is 3. The summed E-state index contributed by atoms with van der Waals surface area (Å²) in [5.41, 5.74) is 3.68. The number of fused-ring (bicyclic) bond motifs is 1. The summed E-state index contributed by atoms with van der Waals surface area (Å²) in [5, 5.41) is 6.42. The molecule has 0 fully saturated rings. The molecule has 0 saturated heterocycles. The number of nitrogens with zero attached hydrogens (tertiary/aromatic N) is 1. The number of rotatable bonds is 6. The molecule has 0 bridgehead atoms. The molecule has 31 heavy (non-hydrogen) atoms. The molecular weight excluding hydrogens is 484 g/mol. The Hall–Kier alpha value is -2.84. The number of halogens is 2. The van der Waals surface area contributed by atoms with E-state index >= 15 is 0 Å². The van der Waals surface area contributed by atoms with Gasteiger partial charge in [0.05, 0.1) is 16.2 Å². The van der Waals surface area contributed by atoms with Gasteiger partial charge in [0.2, 0.25) is 0 Å². The van der Waals surface area contributed by atoms with Crippen LogP contribution in [0, 0.1) is 5.92 Å². The van der Waals surface area contributed by atoms with Crippen molar-refractivity contribution in [3.63, 3.8) is 0 Å². The number of amides is 3. The molecule has 9 heteroatoms. The van der Waals surface area contributed by atoms with Crippen molar-refractivity contribution in [2.75, 3.05) is 17.3 Å². The van der Waals surface area contributed by atoms with E-state index in [4.69, 9.17) is 11.6 Å². The van der Waals surface area contributed by atoms with Gasteiger partial charge in [-0.3, -0.25) is 19.8 Å². The van der Waals surface area contributed by atoms with Gasteiger partial charge in [-0.05, 0) is 48.7 Å². The molecule has 0 radical (unpaired) electrons. The standard InChI is InChI=1S/C22H22BrClN4O3/c1-13(2)9-10-25-21(30)22(31)27-28-18-8-7-15(23)11-14(18)12-19(28)20(29)26-17-6-4-3-5-16(17)24/h3-8,11-13H,9-10H2,1-2H3,(H,25,30)(H,26,29)(H,27,31). The molecular formula is C22H22BrClN4O3. The van der Waals surface area contributed by atoms with Crippen LogP contribution in [0.4, 0.5) is 5.69 Å². The van der Waals surface area contributed by atoms with Crippen LogP contribution in [-0.4, -0.2) is 28.9 Å². The maximum atomic E-state index is 13.0. The van der Waals surface area contributed by atoms with Crippen LogP contribution in [0.25, 0.3) is 10.9 Å². The lowest BCUT2D eigenvalue weighted by atomic mass is 10.1. The van der Waals surface area contributed by atoms with E-state index in [9.17, 15) is 14.4 Å². The van der Waals surface area contributed by atoms with Crippen LogP contribution < -0.4 is 16.1 Å². The monoisotopic (exact) mass is 504 g/mol. The van der Waals surface area contributed by atoms with Crippen LogP contribution in [0.2, 0.25) is 5.02 Å². The van der Waals surface area contributed by atoms with E-state index in [-0.39, 0.29) is 5.69 Å². The van der Waals surface area contributed by atoms with Gasteiger partial charge in [0, 0.05) is 16.4 Å². The third kappa shape index (κ3) is 5.65. The number of nitrogens with one attached hydrogen (secondary N) is 3. The number of para-hydroxylation sites is 1. The first-order chi connectivity index (χ1) is 14.8. The SMILES string of the molecule is CC(C)CCNC(=O)C(=O)Nn1c(C(=O)Nc2ccccc2Cl)cc2cc(Br)ccc21. The van der Waals surface area contributed by atoms with Gasteiger partial charge < -0.3 is 10.6 Å². The molecule has 0 aliphatic rings.